The number of hydrogen-bond donors (Lipinski definition) is 2. The van der Waals surface area contributed by atoms with Crippen LogP contribution in [0.5, 0.6) is 17.4 Å². The first-order valence-electron chi connectivity index (χ1n) is 10.4. The van der Waals surface area contributed by atoms with Crippen LogP contribution in [0, 0.1) is 5.82 Å². The lowest BCUT2D eigenvalue weighted by Gasteiger charge is -2.17. The number of aromatic nitrogens is 4. The third-order valence-electron chi connectivity index (χ3n) is 5.77. The van der Waals surface area contributed by atoms with Crippen LogP contribution in [0.1, 0.15) is 17.0 Å². The minimum Gasteiger partial charge on any atom is -0.493 e. The van der Waals surface area contributed by atoms with E-state index >= 15 is 0 Å². The van der Waals surface area contributed by atoms with Gasteiger partial charge in [0.1, 0.15) is 17.9 Å². The van der Waals surface area contributed by atoms with E-state index in [-0.39, 0.29) is 24.8 Å². The van der Waals surface area contributed by atoms with Crippen molar-refractivity contribution in [1.29, 1.82) is 0 Å². The third-order valence-corrected chi connectivity index (χ3v) is 5.77. The zero-order chi connectivity index (χ0) is 23.7. The molecule has 0 saturated carbocycles. The summed E-state index contributed by atoms with van der Waals surface area (Å²) in [7, 11) is 1.58. The van der Waals surface area contributed by atoms with Gasteiger partial charge in [-0.3, -0.25) is 9.20 Å². The molecular weight excluding hydrogens is 445 g/mol. The standard InChI is InChI=1S/C22H18FN5O3.CH2O2/c1-29-22-13(3-2-6-24-22)14-7-18-21(28-11-26-27-20(14)28)25-8-15-16(23)4-5-17-19(15)12(9-30-17)10-31-18;2-1-3/h2-7,11-12,25H,8-10H2,1H3;1H,(H,2,3)/t12-;/m1./s1. The Morgan fingerprint density at radius 2 is 2.03 bits per heavy atom. The monoisotopic (exact) mass is 465 g/mol. The molecule has 6 rings (SSSR count). The SMILES string of the molecule is COc1ncccc1-c1cc2c(n3cnnc13)NCc1c(F)ccc3c1[C@H](CO3)CO2.O=CO. The molecule has 0 radical (unpaired) electrons. The number of benzene rings is 1. The van der Waals surface area contributed by atoms with E-state index in [2.05, 4.69) is 20.5 Å². The average Bonchev–Trinajstić information content (AvgIpc) is 3.51. The summed E-state index contributed by atoms with van der Waals surface area (Å²) in [6.45, 7) is 0.850. The summed E-state index contributed by atoms with van der Waals surface area (Å²) >= 11 is 0. The number of methoxy groups -OCH3 is 1. The molecule has 2 aliphatic heterocycles. The van der Waals surface area contributed by atoms with Crippen molar-refractivity contribution in [2.45, 2.75) is 12.5 Å². The van der Waals surface area contributed by atoms with E-state index in [1.54, 1.807) is 30.1 Å². The zero-order valence-corrected chi connectivity index (χ0v) is 18.1. The highest BCUT2D eigenvalue weighted by molar-refractivity contribution is 5.84. The first-order valence-corrected chi connectivity index (χ1v) is 10.4. The van der Waals surface area contributed by atoms with Crippen LogP contribution < -0.4 is 19.5 Å². The largest absolute Gasteiger partial charge is 0.493 e. The quantitative estimate of drug-likeness (QED) is 0.430. The molecule has 174 valence electrons. The molecule has 1 aromatic carbocycles. The molecule has 0 fully saturated rings. The van der Waals surface area contributed by atoms with Gasteiger partial charge in [-0.25, -0.2) is 9.37 Å². The summed E-state index contributed by atoms with van der Waals surface area (Å²) in [4.78, 5) is 12.7. The first-order chi connectivity index (χ1) is 16.7. The molecule has 0 bridgehead atoms. The van der Waals surface area contributed by atoms with Crippen molar-refractivity contribution in [2.75, 3.05) is 25.6 Å². The van der Waals surface area contributed by atoms with E-state index in [0.717, 1.165) is 16.7 Å². The lowest BCUT2D eigenvalue weighted by atomic mass is 9.96. The van der Waals surface area contributed by atoms with Crippen molar-refractivity contribution < 1.29 is 28.5 Å². The highest BCUT2D eigenvalue weighted by atomic mass is 19.1. The van der Waals surface area contributed by atoms with Crippen molar-refractivity contribution in [2.24, 2.45) is 0 Å². The molecular formula is C23H20FN5O5. The minimum atomic E-state index is -0.262. The molecule has 0 unspecified atom stereocenters. The Morgan fingerprint density at radius 1 is 1.24 bits per heavy atom. The second-order valence-electron chi connectivity index (χ2n) is 7.57. The fourth-order valence-corrected chi connectivity index (χ4v) is 4.34. The molecule has 3 aromatic heterocycles. The minimum absolute atomic E-state index is 0.0542. The second-order valence-corrected chi connectivity index (χ2v) is 7.57. The number of nitrogens with one attached hydrogen (secondary N) is 1. The summed E-state index contributed by atoms with van der Waals surface area (Å²) in [5, 5.41) is 18.6. The number of nitrogens with zero attached hydrogens (tertiary/aromatic N) is 4. The van der Waals surface area contributed by atoms with Gasteiger partial charge in [0.05, 0.1) is 26.2 Å². The number of anilines is 1. The molecule has 34 heavy (non-hydrogen) atoms. The van der Waals surface area contributed by atoms with Crippen LogP contribution in [0.15, 0.2) is 42.9 Å². The summed E-state index contributed by atoms with van der Waals surface area (Å²) in [6, 6.07) is 8.78. The van der Waals surface area contributed by atoms with Crippen molar-refractivity contribution in [1.82, 2.24) is 19.6 Å². The van der Waals surface area contributed by atoms with E-state index < -0.39 is 0 Å². The van der Waals surface area contributed by atoms with E-state index in [1.807, 2.05) is 18.2 Å². The predicted molar refractivity (Wildman–Crippen MR) is 119 cm³/mol. The topological polar surface area (TPSA) is 120 Å². The fraction of sp³-hybridized carbons (Fsp3) is 0.217. The number of fused-ring (bicyclic) bond motifs is 3. The lowest BCUT2D eigenvalue weighted by Crippen LogP contribution is -2.13. The molecule has 4 aromatic rings. The Labute approximate surface area is 192 Å². The maximum Gasteiger partial charge on any atom is 0.290 e. The molecule has 0 amide bonds. The van der Waals surface area contributed by atoms with E-state index in [0.29, 0.717) is 47.6 Å². The Morgan fingerprint density at radius 3 is 2.82 bits per heavy atom. The number of carbonyl (C=O) groups is 1. The van der Waals surface area contributed by atoms with Gasteiger partial charge in [-0.15, -0.1) is 10.2 Å². The maximum absolute atomic E-state index is 14.7. The van der Waals surface area contributed by atoms with Crippen LogP contribution in [0.3, 0.4) is 0 Å². The van der Waals surface area contributed by atoms with Crippen LogP contribution in [0.25, 0.3) is 16.8 Å². The summed E-state index contributed by atoms with van der Waals surface area (Å²) in [5.74, 6) is 2.14. The number of rotatable bonds is 2. The van der Waals surface area contributed by atoms with Crippen LogP contribution >= 0.6 is 0 Å². The lowest BCUT2D eigenvalue weighted by molar-refractivity contribution is -0.122. The van der Waals surface area contributed by atoms with E-state index in [4.69, 9.17) is 24.1 Å². The predicted octanol–water partition coefficient (Wildman–Crippen LogP) is 3.12. The van der Waals surface area contributed by atoms with Gasteiger partial charge in [0.2, 0.25) is 5.88 Å². The number of pyridine rings is 2. The molecule has 0 aliphatic carbocycles. The van der Waals surface area contributed by atoms with Gasteiger partial charge in [-0.1, -0.05) is 0 Å². The highest BCUT2D eigenvalue weighted by Crippen LogP contribution is 2.42. The van der Waals surface area contributed by atoms with E-state index in [1.165, 1.54) is 6.07 Å². The number of halogens is 1. The Balaban J connectivity index is 0.000000764. The molecule has 0 saturated heterocycles. The van der Waals surface area contributed by atoms with E-state index in [9.17, 15) is 4.39 Å². The van der Waals surface area contributed by atoms with Crippen LogP contribution in [-0.2, 0) is 11.3 Å². The summed E-state index contributed by atoms with van der Waals surface area (Å²) in [6.07, 6.45) is 3.28. The molecule has 2 aliphatic rings. The molecule has 11 heteroatoms. The fourth-order valence-electron chi connectivity index (χ4n) is 4.34. The van der Waals surface area contributed by atoms with Crippen LogP contribution in [-0.4, -0.2) is 51.5 Å². The number of hydrogen-bond acceptors (Lipinski definition) is 8. The maximum atomic E-state index is 14.7. The Bertz CT molecular complexity index is 1380. The van der Waals surface area contributed by atoms with Gasteiger partial charge < -0.3 is 24.6 Å². The number of ether oxygens (including phenoxy) is 3. The van der Waals surface area contributed by atoms with Crippen molar-refractivity contribution >= 4 is 17.9 Å². The Hall–Kier alpha value is -4.41. The average molecular weight is 465 g/mol. The van der Waals surface area contributed by atoms with Gasteiger partial charge in [-0.2, -0.15) is 0 Å². The van der Waals surface area contributed by atoms with Gasteiger partial charge in [0, 0.05) is 35.0 Å². The number of carboxylic acid groups (broad SMARTS) is 1. The second kappa shape index (κ2) is 8.85. The normalized spacial score (nSPS) is 15.6. The van der Waals surface area contributed by atoms with Crippen molar-refractivity contribution in [3.63, 3.8) is 0 Å². The van der Waals surface area contributed by atoms with Crippen LogP contribution in [0.4, 0.5) is 10.2 Å². The van der Waals surface area contributed by atoms with Gasteiger partial charge >= 0.3 is 0 Å². The zero-order valence-electron chi connectivity index (χ0n) is 18.1. The summed E-state index contributed by atoms with van der Waals surface area (Å²) in [5.41, 5.74) is 3.62. The molecule has 2 N–H and O–H groups in total. The highest BCUT2D eigenvalue weighted by Gasteiger charge is 2.31. The molecule has 5 heterocycles. The smallest absolute Gasteiger partial charge is 0.290 e. The molecule has 1 atom stereocenters. The van der Waals surface area contributed by atoms with Gasteiger partial charge in [-0.05, 0) is 30.3 Å². The van der Waals surface area contributed by atoms with Crippen LogP contribution in [0.2, 0.25) is 0 Å². The third kappa shape index (κ3) is 3.51. The first kappa shape index (κ1) is 21.4. The Kier molecular flexibility index (Phi) is 5.58. The summed E-state index contributed by atoms with van der Waals surface area (Å²) < 4.78 is 34.0. The van der Waals surface area contributed by atoms with Gasteiger partial charge in [0.25, 0.3) is 6.47 Å². The van der Waals surface area contributed by atoms with Crippen molar-refractivity contribution in [3.05, 3.63) is 59.8 Å². The molecule has 10 nitrogen and oxygen atoms in total. The van der Waals surface area contributed by atoms with Gasteiger partial charge in [0.15, 0.2) is 17.2 Å². The van der Waals surface area contributed by atoms with Crippen molar-refractivity contribution in [3.8, 4) is 28.5 Å². The molecule has 0 spiro atoms.